The van der Waals surface area contributed by atoms with Crippen LogP contribution in [-0.2, 0) is 9.59 Å². The molecule has 4 rings (SSSR count). The first-order chi connectivity index (χ1) is 13.2. The zero-order chi connectivity index (χ0) is 20.3. The van der Waals surface area contributed by atoms with Gasteiger partial charge >= 0.3 is 5.97 Å². The van der Waals surface area contributed by atoms with Gasteiger partial charge < -0.3 is 5.11 Å². The van der Waals surface area contributed by atoms with E-state index in [0.29, 0.717) is 47.2 Å². The molecule has 4 aliphatic rings. The molecule has 0 heterocycles. The van der Waals surface area contributed by atoms with Crippen LogP contribution in [0.15, 0.2) is 0 Å². The highest BCUT2D eigenvalue weighted by molar-refractivity contribution is 9.10. The van der Waals surface area contributed by atoms with Gasteiger partial charge in [0.25, 0.3) is 0 Å². The number of alkyl halides is 1. The summed E-state index contributed by atoms with van der Waals surface area (Å²) in [4.78, 5) is 25.0. The molecule has 4 fully saturated rings. The Kier molecular flexibility index (Phi) is 5.51. The number of hydrogen-bond acceptors (Lipinski definition) is 2. The molecule has 28 heavy (non-hydrogen) atoms. The second kappa shape index (κ2) is 7.39. The topological polar surface area (TPSA) is 54.4 Å². The van der Waals surface area contributed by atoms with E-state index in [1.807, 2.05) is 0 Å². The lowest BCUT2D eigenvalue weighted by Crippen LogP contribution is -2.61. The Morgan fingerprint density at radius 1 is 1.18 bits per heavy atom. The first-order valence-electron chi connectivity index (χ1n) is 11.6. The van der Waals surface area contributed by atoms with E-state index in [2.05, 4.69) is 36.7 Å². The van der Waals surface area contributed by atoms with Crippen molar-refractivity contribution < 1.29 is 14.7 Å². The maximum Gasteiger partial charge on any atom is 0.303 e. The van der Waals surface area contributed by atoms with E-state index in [4.69, 9.17) is 5.11 Å². The average molecular weight is 453 g/mol. The third-order valence-corrected chi connectivity index (χ3v) is 11.0. The van der Waals surface area contributed by atoms with Crippen LogP contribution in [0.3, 0.4) is 0 Å². The summed E-state index contributed by atoms with van der Waals surface area (Å²) in [5.41, 5.74) is 0.0461. The van der Waals surface area contributed by atoms with Gasteiger partial charge in [-0.3, -0.25) is 9.59 Å². The first kappa shape index (κ1) is 20.9. The minimum Gasteiger partial charge on any atom is -0.481 e. The molecule has 0 spiro atoms. The van der Waals surface area contributed by atoms with Crippen molar-refractivity contribution in [3.05, 3.63) is 0 Å². The molecule has 158 valence electrons. The van der Waals surface area contributed by atoms with Gasteiger partial charge in [0.2, 0.25) is 0 Å². The molecule has 0 amide bonds. The van der Waals surface area contributed by atoms with Crippen molar-refractivity contribution in [2.75, 3.05) is 0 Å². The van der Waals surface area contributed by atoms with Crippen LogP contribution in [0.4, 0.5) is 0 Å². The number of hydrogen-bond donors (Lipinski definition) is 1. The molecule has 0 aromatic carbocycles. The van der Waals surface area contributed by atoms with Crippen LogP contribution in [0.25, 0.3) is 0 Å². The zero-order valence-electron chi connectivity index (χ0n) is 17.8. The number of rotatable bonds is 4. The molecule has 0 saturated heterocycles. The molecule has 1 N–H and O–H groups in total. The number of aliphatic carboxylic acids is 1. The van der Waals surface area contributed by atoms with Crippen molar-refractivity contribution in [3.8, 4) is 0 Å². The number of carboxylic acid groups (broad SMARTS) is 1. The molecule has 4 aliphatic carbocycles. The highest BCUT2D eigenvalue weighted by Crippen LogP contribution is 2.68. The van der Waals surface area contributed by atoms with Crippen LogP contribution in [0.2, 0.25) is 0 Å². The van der Waals surface area contributed by atoms with Gasteiger partial charge in [-0.15, -0.1) is 0 Å². The van der Waals surface area contributed by atoms with Gasteiger partial charge in [-0.1, -0.05) is 49.5 Å². The van der Waals surface area contributed by atoms with Gasteiger partial charge in [-0.05, 0) is 85.9 Å². The molecule has 9 atom stereocenters. The maximum atomic E-state index is 13.9. The Balaban J connectivity index is 1.63. The van der Waals surface area contributed by atoms with Crippen LogP contribution in [0, 0.1) is 46.3 Å². The van der Waals surface area contributed by atoms with Gasteiger partial charge in [0, 0.05) is 11.8 Å². The lowest BCUT2D eigenvalue weighted by atomic mass is 9.44. The van der Waals surface area contributed by atoms with Crippen LogP contribution < -0.4 is 0 Å². The summed E-state index contributed by atoms with van der Waals surface area (Å²) >= 11 is 3.96. The van der Waals surface area contributed by atoms with Crippen molar-refractivity contribution in [1.29, 1.82) is 0 Å². The lowest BCUT2D eigenvalue weighted by molar-refractivity contribution is -0.155. The molecule has 4 saturated carbocycles. The average Bonchev–Trinajstić information content (AvgIpc) is 3.01. The standard InChI is InChI=1S/C24H37BrO3/c1-14(7-12-19(26)27)17-10-11-18-16-9-8-15-6-4-5-13-23(15,2)20(16)21(25)22(28)24(17,18)3/h14-18,20-21H,4-13H2,1-3H3,(H,26,27)/t14-,15+,16+,17+,18-,20+,21+,23+,24-/m1/s1. The lowest BCUT2D eigenvalue weighted by Gasteiger charge is -2.61. The van der Waals surface area contributed by atoms with E-state index in [0.717, 1.165) is 18.8 Å². The second-order valence-corrected chi connectivity index (χ2v) is 12.0. The highest BCUT2D eigenvalue weighted by atomic mass is 79.9. The second-order valence-electron chi connectivity index (χ2n) is 11.0. The van der Waals surface area contributed by atoms with Gasteiger partial charge in [-0.2, -0.15) is 0 Å². The van der Waals surface area contributed by atoms with Gasteiger partial charge in [0.15, 0.2) is 5.78 Å². The molecule has 0 aromatic heterocycles. The SMILES string of the molecule is C[C@H](CCC(=O)O)[C@@H]1CC[C@@H]2[C@@H]3CC[C@@H]4CCCC[C@]4(C)[C@@H]3[C@H](Br)C(=O)[C@@]21C. The molecule has 0 aliphatic heterocycles. The predicted octanol–water partition coefficient (Wildman–Crippen LogP) is 6.09. The number of carboxylic acids is 1. The van der Waals surface area contributed by atoms with Crippen molar-refractivity contribution in [2.45, 2.75) is 89.8 Å². The predicted molar refractivity (Wildman–Crippen MR) is 114 cm³/mol. The molecular weight excluding hydrogens is 416 g/mol. The van der Waals surface area contributed by atoms with Gasteiger partial charge in [-0.25, -0.2) is 0 Å². The van der Waals surface area contributed by atoms with E-state index < -0.39 is 5.97 Å². The third-order valence-electron chi connectivity index (χ3n) is 9.97. The fraction of sp³-hybridized carbons (Fsp3) is 0.917. The van der Waals surface area contributed by atoms with Crippen LogP contribution in [-0.4, -0.2) is 21.7 Å². The van der Waals surface area contributed by atoms with Crippen LogP contribution in [0.1, 0.15) is 85.0 Å². The maximum absolute atomic E-state index is 13.9. The zero-order valence-corrected chi connectivity index (χ0v) is 19.3. The summed E-state index contributed by atoms with van der Waals surface area (Å²) in [6.07, 6.45) is 11.1. The van der Waals surface area contributed by atoms with Gasteiger partial charge in [0.1, 0.15) is 0 Å². The third kappa shape index (κ3) is 2.94. The first-order valence-corrected chi connectivity index (χ1v) is 12.5. The molecular formula is C24H37BrO3. The van der Waals surface area contributed by atoms with Crippen LogP contribution >= 0.6 is 15.9 Å². The van der Waals surface area contributed by atoms with Gasteiger partial charge in [0.05, 0.1) is 4.83 Å². The summed E-state index contributed by atoms with van der Waals surface area (Å²) < 4.78 is 0. The molecule has 0 bridgehead atoms. The largest absolute Gasteiger partial charge is 0.481 e. The normalized spacial score (nSPS) is 49.1. The number of fused-ring (bicyclic) bond motifs is 5. The number of halogens is 1. The Hall–Kier alpha value is -0.380. The smallest absolute Gasteiger partial charge is 0.303 e. The van der Waals surface area contributed by atoms with E-state index in [1.54, 1.807) is 0 Å². The van der Waals surface area contributed by atoms with Crippen molar-refractivity contribution >= 4 is 27.7 Å². The van der Waals surface area contributed by atoms with E-state index in [-0.39, 0.29) is 16.7 Å². The minimum absolute atomic E-state index is 0.0167. The Labute approximate surface area is 178 Å². The van der Waals surface area contributed by atoms with Crippen molar-refractivity contribution in [3.63, 3.8) is 0 Å². The number of carbonyl (C=O) groups is 2. The number of carbonyl (C=O) groups excluding carboxylic acids is 1. The molecule has 0 aromatic rings. The summed E-state index contributed by atoms with van der Waals surface area (Å²) in [5, 5.41) is 9.11. The summed E-state index contributed by atoms with van der Waals surface area (Å²) in [6, 6.07) is 0. The van der Waals surface area contributed by atoms with E-state index in [9.17, 15) is 9.59 Å². The summed E-state index contributed by atoms with van der Waals surface area (Å²) in [5.74, 6) is 2.80. The minimum atomic E-state index is -0.719. The van der Waals surface area contributed by atoms with Crippen molar-refractivity contribution in [2.24, 2.45) is 46.3 Å². The summed E-state index contributed by atoms with van der Waals surface area (Å²) in [6.45, 7) is 6.93. The number of ketones is 1. The molecule has 3 nitrogen and oxygen atoms in total. The number of Topliss-reactive ketones (excluding diaryl/α,β-unsaturated/α-hetero) is 1. The summed E-state index contributed by atoms with van der Waals surface area (Å²) in [7, 11) is 0. The van der Waals surface area contributed by atoms with Crippen molar-refractivity contribution in [1.82, 2.24) is 0 Å². The Bertz CT molecular complexity index is 648. The fourth-order valence-corrected chi connectivity index (χ4v) is 10.0. The van der Waals surface area contributed by atoms with E-state index in [1.165, 1.54) is 38.5 Å². The fourth-order valence-electron chi connectivity index (χ4n) is 8.55. The molecule has 0 radical (unpaired) electrons. The molecule has 4 heteroatoms. The van der Waals surface area contributed by atoms with Crippen LogP contribution in [0.5, 0.6) is 0 Å². The highest BCUT2D eigenvalue weighted by Gasteiger charge is 2.66. The molecule has 0 unspecified atom stereocenters. The quantitative estimate of drug-likeness (QED) is 0.524. The Morgan fingerprint density at radius 3 is 2.64 bits per heavy atom. The van der Waals surface area contributed by atoms with E-state index >= 15 is 0 Å². The Morgan fingerprint density at radius 2 is 1.93 bits per heavy atom. The monoisotopic (exact) mass is 452 g/mol.